The van der Waals surface area contributed by atoms with Gasteiger partial charge in [0.1, 0.15) is 12.1 Å². The number of carbonyl (C=O) groups excluding carboxylic acids is 1. The van der Waals surface area contributed by atoms with Gasteiger partial charge >= 0.3 is 12.2 Å². The Kier molecular flexibility index (Phi) is 6.81. The number of ether oxygens (including phenoxy) is 1. The fourth-order valence-corrected chi connectivity index (χ4v) is 4.30. The van der Waals surface area contributed by atoms with Gasteiger partial charge < -0.3 is 15.8 Å². The van der Waals surface area contributed by atoms with Gasteiger partial charge in [-0.3, -0.25) is 9.47 Å². The van der Waals surface area contributed by atoms with E-state index in [1.807, 2.05) is 0 Å². The van der Waals surface area contributed by atoms with Gasteiger partial charge in [0, 0.05) is 49.0 Å². The lowest BCUT2D eigenvalue weighted by Crippen LogP contribution is -2.39. The Morgan fingerprint density at radius 2 is 1.89 bits per heavy atom. The second-order valence-electron chi connectivity index (χ2n) is 8.98. The largest absolute Gasteiger partial charge is 0.439 e. The minimum Gasteiger partial charge on any atom is -0.439 e. The zero-order valence-corrected chi connectivity index (χ0v) is 19.8. The molecule has 5 rings (SSSR count). The van der Waals surface area contributed by atoms with Crippen LogP contribution in [-0.4, -0.2) is 44.6 Å². The highest BCUT2D eigenvalue weighted by Crippen LogP contribution is 2.31. The lowest BCUT2D eigenvalue weighted by molar-refractivity contribution is -0.137. The summed E-state index contributed by atoms with van der Waals surface area (Å²) >= 11 is 0. The summed E-state index contributed by atoms with van der Waals surface area (Å²) in [6.07, 6.45) is 0.444. The van der Waals surface area contributed by atoms with E-state index in [1.54, 1.807) is 36.5 Å². The number of nitrogens with one attached hydrogen (secondary N) is 1. The number of nitrogens with zero attached hydrogens (tertiary/aromatic N) is 4. The number of alkyl halides is 3. The van der Waals surface area contributed by atoms with Gasteiger partial charge in [0.2, 0.25) is 5.88 Å². The quantitative estimate of drug-likeness (QED) is 0.381. The summed E-state index contributed by atoms with van der Waals surface area (Å²) in [5, 5.41) is 3.23. The van der Waals surface area contributed by atoms with Crippen molar-refractivity contribution in [3.63, 3.8) is 0 Å². The number of nitrogens with two attached hydrogens (primary N) is 1. The van der Waals surface area contributed by atoms with Crippen molar-refractivity contribution in [3.8, 4) is 11.6 Å². The van der Waals surface area contributed by atoms with Crippen LogP contribution in [-0.2, 0) is 12.7 Å². The number of benzene rings is 2. The second-order valence-corrected chi connectivity index (χ2v) is 8.98. The standard InChI is InChI=1S/C26H25F3N6O2/c27-26(28,29)18-2-1-3-20(13-18)33-25(36)35-11-6-17-12-22(4-5-23(17)35)37-24-14-21(31-16-32-24)15-34-9-7-19(30)8-10-34/h1-6,11-14,16,19H,7-10,15,30H2,(H,33,36). The number of anilines is 1. The molecular formula is C26H25F3N6O2. The van der Waals surface area contributed by atoms with E-state index < -0.39 is 17.8 Å². The normalized spacial score (nSPS) is 15.1. The van der Waals surface area contributed by atoms with Crippen molar-refractivity contribution in [2.45, 2.75) is 31.6 Å². The molecule has 11 heteroatoms. The van der Waals surface area contributed by atoms with Crippen molar-refractivity contribution in [2.75, 3.05) is 18.4 Å². The Morgan fingerprint density at radius 3 is 2.68 bits per heavy atom. The molecule has 1 amide bonds. The molecule has 1 aliphatic rings. The molecule has 8 nitrogen and oxygen atoms in total. The van der Waals surface area contributed by atoms with E-state index in [0.717, 1.165) is 49.1 Å². The number of amides is 1. The molecule has 192 valence electrons. The van der Waals surface area contributed by atoms with E-state index in [1.165, 1.54) is 23.0 Å². The molecule has 4 aromatic rings. The topological polar surface area (TPSA) is 98.3 Å². The zero-order valence-electron chi connectivity index (χ0n) is 19.8. The molecule has 0 atom stereocenters. The van der Waals surface area contributed by atoms with Crippen LogP contribution in [0.1, 0.15) is 24.1 Å². The molecule has 0 unspecified atom stereocenters. The maximum Gasteiger partial charge on any atom is 0.416 e. The summed E-state index contributed by atoms with van der Waals surface area (Å²) in [5.41, 5.74) is 6.61. The first-order chi connectivity index (χ1) is 17.7. The van der Waals surface area contributed by atoms with Gasteiger partial charge in [-0.05, 0) is 55.3 Å². The lowest BCUT2D eigenvalue weighted by Gasteiger charge is -2.29. The number of hydrogen-bond acceptors (Lipinski definition) is 6. The van der Waals surface area contributed by atoms with Crippen LogP contribution in [0.25, 0.3) is 10.9 Å². The molecule has 2 aromatic heterocycles. The zero-order chi connectivity index (χ0) is 26.0. The molecule has 1 fully saturated rings. The first-order valence-corrected chi connectivity index (χ1v) is 11.8. The molecule has 0 aliphatic carbocycles. The summed E-state index contributed by atoms with van der Waals surface area (Å²) in [5.74, 6) is 0.928. The van der Waals surface area contributed by atoms with Gasteiger partial charge in [-0.15, -0.1) is 0 Å². The summed E-state index contributed by atoms with van der Waals surface area (Å²) in [4.78, 5) is 23.6. The van der Waals surface area contributed by atoms with Crippen LogP contribution >= 0.6 is 0 Å². The third-order valence-electron chi connectivity index (χ3n) is 6.26. The first kappa shape index (κ1) is 24.7. The van der Waals surface area contributed by atoms with Crippen molar-refractivity contribution >= 4 is 22.6 Å². The number of rotatable bonds is 5. The van der Waals surface area contributed by atoms with E-state index in [9.17, 15) is 18.0 Å². The van der Waals surface area contributed by atoms with Crippen LogP contribution in [0.15, 0.2) is 67.1 Å². The molecule has 3 heterocycles. The molecule has 0 spiro atoms. The third-order valence-corrected chi connectivity index (χ3v) is 6.26. The highest BCUT2D eigenvalue weighted by Gasteiger charge is 2.30. The van der Waals surface area contributed by atoms with Crippen LogP contribution in [0.3, 0.4) is 0 Å². The molecule has 0 saturated carbocycles. The van der Waals surface area contributed by atoms with Crippen molar-refractivity contribution in [2.24, 2.45) is 5.73 Å². The fraction of sp³-hybridized carbons (Fsp3) is 0.269. The molecule has 37 heavy (non-hydrogen) atoms. The van der Waals surface area contributed by atoms with Crippen LogP contribution in [0.5, 0.6) is 11.6 Å². The van der Waals surface area contributed by atoms with Gasteiger partial charge in [-0.1, -0.05) is 6.07 Å². The maximum atomic E-state index is 13.0. The van der Waals surface area contributed by atoms with Gasteiger partial charge in [0.25, 0.3) is 0 Å². The van der Waals surface area contributed by atoms with Gasteiger partial charge in [-0.2, -0.15) is 13.2 Å². The molecule has 3 N–H and O–H groups in total. The molecule has 0 bridgehead atoms. The Labute approximate surface area is 210 Å². The van der Waals surface area contributed by atoms with Crippen molar-refractivity contribution in [1.82, 2.24) is 19.4 Å². The Balaban J connectivity index is 1.27. The minimum atomic E-state index is -4.50. The van der Waals surface area contributed by atoms with E-state index in [4.69, 9.17) is 10.5 Å². The number of hydrogen-bond donors (Lipinski definition) is 2. The van der Waals surface area contributed by atoms with E-state index in [2.05, 4.69) is 20.2 Å². The number of carbonyl (C=O) groups is 1. The molecule has 1 aliphatic heterocycles. The predicted molar refractivity (Wildman–Crippen MR) is 132 cm³/mol. The number of fused-ring (bicyclic) bond motifs is 1. The minimum absolute atomic E-state index is 0.0496. The fourth-order valence-electron chi connectivity index (χ4n) is 4.30. The van der Waals surface area contributed by atoms with Crippen LogP contribution in [0.2, 0.25) is 0 Å². The number of aromatic nitrogens is 3. The van der Waals surface area contributed by atoms with Crippen LogP contribution < -0.4 is 15.8 Å². The van der Waals surface area contributed by atoms with Gasteiger partial charge in [-0.25, -0.2) is 14.8 Å². The third kappa shape index (κ3) is 5.89. The second kappa shape index (κ2) is 10.2. The highest BCUT2D eigenvalue weighted by molar-refractivity contribution is 5.98. The monoisotopic (exact) mass is 510 g/mol. The Morgan fingerprint density at radius 1 is 1.08 bits per heavy atom. The number of halogens is 3. The summed E-state index contributed by atoms with van der Waals surface area (Å²) in [6.45, 7) is 2.54. The van der Waals surface area contributed by atoms with Gasteiger partial charge in [0.15, 0.2) is 0 Å². The maximum absolute atomic E-state index is 13.0. The predicted octanol–water partition coefficient (Wildman–Crippen LogP) is 5.25. The molecular weight excluding hydrogens is 485 g/mol. The smallest absolute Gasteiger partial charge is 0.416 e. The van der Waals surface area contributed by atoms with Crippen LogP contribution in [0, 0.1) is 0 Å². The highest BCUT2D eigenvalue weighted by atomic mass is 19.4. The Hall–Kier alpha value is -3.96. The van der Waals surface area contributed by atoms with E-state index in [-0.39, 0.29) is 11.7 Å². The summed E-state index contributed by atoms with van der Waals surface area (Å²) in [7, 11) is 0. The van der Waals surface area contributed by atoms with Crippen molar-refractivity contribution < 1.29 is 22.7 Å². The van der Waals surface area contributed by atoms with Crippen LogP contribution in [0.4, 0.5) is 23.7 Å². The molecule has 2 aromatic carbocycles. The van der Waals surface area contributed by atoms with Gasteiger partial charge in [0.05, 0.1) is 16.8 Å². The summed E-state index contributed by atoms with van der Waals surface area (Å²) in [6, 6.07) is 12.9. The number of piperidine rings is 1. The summed E-state index contributed by atoms with van der Waals surface area (Å²) < 4.78 is 46.2. The average molecular weight is 511 g/mol. The SMILES string of the molecule is NC1CCN(Cc2cc(Oc3ccc4c(ccn4C(=O)Nc4cccc(C(F)(F)F)c4)c3)ncn2)CC1. The van der Waals surface area contributed by atoms with E-state index >= 15 is 0 Å². The van der Waals surface area contributed by atoms with E-state index in [0.29, 0.717) is 23.7 Å². The first-order valence-electron chi connectivity index (χ1n) is 11.8. The lowest BCUT2D eigenvalue weighted by atomic mass is 10.1. The van der Waals surface area contributed by atoms with Crippen molar-refractivity contribution in [1.29, 1.82) is 0 Å². The number of likely N-dealkylation sites (tertiary alicyclic amines) is 1. The molecule has 0 radical (unpaired) electrons. The van der Waals surface area contributed by atoms with Crippen molar-refractivity contribution in [3.05, 3.63) is 78.4 Å². The average Bonchev–Trinajstić information content (AvgIpc) is 3.29. The molecule has 1 saturated heterocycles. The Bertz CT molecular complexity index is 1410.